The lowest BCUT2D eigenvalue weighted by Crippen LogP contribution is -2.11. The molecule has 0 saturated heterocycles. The van der Waals surface area contributed by atoms with E-state index in [4.69, 9.17) is 0 Å². The van der Waals surface area contributed by atoms with E-state index in [2.05, 4.69) is 10.3 Å². The second-order valence-electron chi connectivity index (χ2n) is 5.39. The van der Waals surface area contributed by atoms with Crippen molar-refractivity contribution in [3.63, 3.8) is 0 Å². The first kappa shape index (κ1) is 15.9. The predicted molar refractivity (Wildman–Crippen MR) is 95.0 cm³/mol. The highest BCUT2D eigenvalue weighted by atomic mass is 19.1. The van der Waals surface area contributed by atoms with E-state index >= 15 is 0 Å². The smallest absolute Gasteiger partial charge is 0.224 e. The molecule has 0 saturated carbocycles. The topological polar surface area (TPSA) is 42.0 Å². The van der Waals surface area contributed by atoms with Crippen LogP contribution in [0.1, 0.15) is 18.4 Å². The number of amides is 1. The average Bonchev–Trinajstić information content (AvgIpc) is 2.60. The average molecular weight is 320 g/mol. The molecule has 0 radical (unpaired) electrons. The molecule has 24 heavy (non-hydrogen) atoms. The van der Waals surface area contributed by atoms with E-state index in [0.717, 1.165) is 10.9 Å². The molecule has 1 amide bonds. The zero-order valence-corrected chi connectivity index (χ0v) is 13.1. The fourth-order valence-electron chi connectivity index (χ4n) is 2.45. The normalized spacial score (nSPS) is 11.0. The summed E-state index contributed by atoms with van der Waals surface area (Å²) >= 11 is 0. The van der Waals surface area contributed by atoms with Crippen LogP contribution in [0.2, 0.25) is 0 Å². The third-order valence-electron chi connectivity index (χ3n) is 3.65. The summed E-state index contributed by atoms with van der Waals surface area (Å²) in [5.74, 6) is -0.355. The minimum absolute atomic E-state index is 0.0914. The molecule has 0 bridgehead atoms. The molecule has 0 atom stereocenters. The van der Waals surface area contributed by atoms with Crippen LogP contribution in [0.4, 0.5) is 10.1 Å². The van der Waals surface area contributed by atoms with E-state index < -0.39 is 0 Å². The van der Waals surface area contributed by atoms with Crippen LogP contribution in [0, 0.1) is 5.82 Å². The number of allylic oxidation sites excluding steroid dienone is 1. The second kappa shape index (κ2) is 7.51. The Hall–Kier alpha value is -3.01. The monoisotopic (exact) mass is 320 g/mol. The molecule has 0 fully saturated rings. The SMILES string of the molecule is O=C(CC/C=C\c1ccccc1F)Nc1cccc2cccnc12. The van der Waals surface area contributed by atoms with Crippen molar-refractivity contribution in [1.82, 2.24) is 4.98 Å². The second-order valence-corrected chi connectivity index (χ2v) is 5.39. The number of carbonyl (C=O) groups excluding carboxylic acids is 1. The van der Waals surface area contributed by atoms with Gasteiger partial charge in [-0.05, 0) is 24.6 Å². The molecule has 1 N–H and O–H groups in total. The first-order valence-electron chi connectivity index (χ1n) is 7.79. The van der Waals surface area contributed by atoms with Crippen LogP contribution in [0.3, 0.4) is 0 Å². The predicted octanol–water partition coefficient (Wildman–Crippen LogP) is 4.81. The van der Waals surface area contributed by atoms with Gasteiger partial charge in [-0.15, -0.1) is 0 Å². The molecule has 3 aromatic rings. The molecular formula is C20H17FN2O. The van der Waals surface area contributed by atoms with E-state index in [0.29, 0.717) is 24.1 Å². The molecule has 0 spiro atoms. The van der Waals surface area contributed by atoms with Crippen molar-refractivity contribution in [3.8, 4) is 0 Å². The standard InChI is InChI=1S/C20H17FN2O/c21-17-11-3-1-7-15(17)8-2-4-13-19(24)23-18-12-5-9-16-10-6-14-22-20(16)18/h1-3,5-12,14H,4,13H2,(H,23,24)/b8-2-. The number of aromatic nitrogens is 1. The van der Waals surface area contributed by atoms with E-state index in [1.807, 2.05) is 30.3 Å². The van der Waals surface area contributed by atoms with Gasteiger partial charge in [-0.25, -0.2) is 4.39 Å². The highest BCUT2D eigenvalue weighted by Gasteiger charge is 2.05. The molecule has 0 unspecified atom stereocenters. The van der Waals surface area contributed by atoms with Gasteiger partial charge >= 0.3 is 0 Å². The maximum atomic E-state index is 13.5. The van der Waals surface area contributed by atoms with Gasteiger partial charge in [0, 0.05) is 23.6 Å². The van der Waals surface area contributed by atoms with Crippen LogP contribution in [0.5, 0.6) is 0 Å². The van der Waals surface area contributed by atoms with Crippen LogP contribution < -0.4 is 5.32 Å². The highest BCUT2D eigenvalue weighted by molar-refractivity contribution is 6.00. The number of nitrogens with one attached hydrogen (secondary N) is 1. The number of rotatable bonds is 5. The minimum Gasteiger partial charge on any atom is -0.324 e. The van der Waals surface area contributed by atoms with Gasteiger partial charge in [0.25, 0.3) is 0 Å². The van der Waals surface area contributed by atoms with Crippen molar-refractivity contribution in [2.24, 2.45) is 0 Å². The number of hydrogen-bond donors (Lipinski definition) is 1. The van der Waals surface area contributed by atoms with Crippen LogP contribution in [0.15, 0.2) is 66.9 Å². The number of pyridine rings is 1. The van der Waals surface area contributed by atoms with Crippen molar-refractivity contribution in [3.05, 3.63) is 78.3 Å². The minimum atomic E-state index is -0.264. The first-order chi connectivity index (χ1) is 11.7. The van der Waals surface area contributed by atoms with Gasteiger partial charge in [0.05, 0.1) is 11.2 Å². The molecular weight excluding hydrogens is 303 g/mol. The molecule has 3 nitrogen and oxygen atoms in total. The van der Waals surface area contributed by atoms with E-state index in [1.165, 1.54) is 6.07 Å². The van der Waals surface area contributed by atoms with Crippen molar-refractivity contribution in [1.29, 1.82) is 0 Å². The van der Waals surface area contributed by atoms with Crippen molar-refractivity contribution in [2.75, 3.05) is 5.32 Å². The van der Waals surface area contributed by atoms with Crippen LogP contribution >= 0.6 is 0 Å². The summed E-state index contributed by atoms with van der Waals surface area (Å²) in [6, 6.07) is 16.0. The van der Waals surface area contributed by atoms with Crippen LogP contribution in [-0.4, -0.2) is 10.9 Å². The molecule has 0 aliphatic heterocycles. The number of benzene rings is 2. The van der Waals surface area contributed by atoms with Gasteiger partial charge in [-0.1, -0.05) is 48.6 Å². The third-order valence-corrected chi connectivity index (χ3v) is 3.65. The Morgan fingerprint density at radius 1 is 1.08 bits per heavy atom. The van der Waals surface area contributed by atoms with Gasteiger partial charge in [-0.2, -0.15) is 0 Å². The number of hydrogen-bond acceptors (Lipinski definition) is 2. The summed E-state index contributed by atoms with van der Waals surface area (Å²) in [6.07, 6.45) is 6.07. The number of anilines is 1. The number of para-hydroxylation sites is 1. The summed E-state index contributed by atoms with van der Waals surface area (Å²) in [5.41, 5.74) is 2.00. The van der Waals surface area contributed by atoms with Gasteiger partial charge in [0.15, 0.2) is 0 Å². The Morgan fingerprint density at radius 3 is 2.79 bits per heavy atom. The molecule has 0 aliphatic rings. The summed E-state index contributed by atoms with van der Waals surface area (Å²) in [5, 5.41) is 3.87. The summed E-state index contributed by atoms with van der Waals surface area (Å²) in [6.45, 7) is 0. The highest BCUT2D eigenvalue weighted by Crippen LogP contribution is 2.20. The third kappa shape index (κ3) is 3.84. The van der Waals surface area contributed by atoms with Gasteiger partial charge in [0.2, 0.25) is 5.91 Å². The van der Waals surface area contributed by atoms with E-state index in [9.17, 15) is 9.18 Å². The Morgan fingerprint density at radius 2 is 1.92 bits per heavy atom. The maximum Gasteiger partial charge on any atom is 0.224 e. The molecule has 120 valence electrons. The zero-order valence-electron chi connectivity index (χ0n) is 13.1. The number of nitrogens with zero attached hydrogens (tertiary/aromatic N) is 1. The summed E-state index contributed by atoms with van der Waals surface area (Å²) < 4.78 is 13.5. The molecule has 2 aromatic carbocycles. The van der Waals surface area contributed by atoms with Gasteiger partial charge < -0.3 is 5.32 Å². The zero-order chi connectivity index (χ0) is 16.8. The lowest BCUT2D eigenvalue weighted by atomic mass is 10.1. The lowest BCUT2D eigenvalue weighted by molar-refractivity contribution is -0.116. The Labute approximate surface area is 139 Å². The van der Waals surface area contributed by atoms with Crippen LogP contribution in [0.25, 0.3) is 17.0 Å². The Kier molecular flexibility index (Phi) is 4.96. The van der Waals surface area contributed by atoms with E-state index in [-0.39, 0.29) is 11.7 Å². The van der Waals surface area contributed by atoms with Crippen molar-refractivity contribution < 1.29 is 9.18 Å². The fraction of sp³-hybridized carbons (Fsp3) is 0.100. The number of carbonyl (C=O) groups is 1. The molecule has 3 rings (SSSR count). The fourth-order valence-corrected chi connectivity index (χ4v) is 2.45. The summed E-state index contributed by atoms with van der Waals surface area (Å²) in [7, 11) is 0. The maximum absolute atomic E-state index is 13.5. The lowest BCUT2D eigenvalue weighted by Gasteiger charge is -2.07. The number of halogens is 1. The van der Waals surface area contributed by atoms with Gasteiger partial charge in [-0.3, -0.25) is 9.78 Å². The van der Waals surface area contributed by atoms with E-state index in [1.54, 1.807) is 36.5 Å². The van der Waals surface area contributed by atoms with Crippen molar-refractivity contribution >= 4 is 28.6 Å². The molecule has 0 aliphatic carbocycles. The Balaban J connectivity index is 1.59. The quantitative estimate of drug-likeness (QED) is 0.733. The first-order valence-corrected chi connectivity index (χ1v) is 7.79. The van der Waals surface area contributed by atoms with Crippen LogP contribution in [-0.2, 0) is 4.79 Å². The summed E-state index contributed by atoms with van der Waals surface area (Å²) in [4.78, 5) is 16.4. The molecule has 4 heteroatoms. The Bertz CT molecular complexity index is 884. The van der Waals surface area contributed by atoms with Gasteiger partial charge in [0.1, 0.15) is 5.82 Å². The van der Waals surface area contributed by atoms with Crippen molar-refractivity contribution in [2.45, 2.75) is 12.8 Å². The molecule has 1 aromatic heterocycles. The largest absolute Gasteiger partial charge is 0.324 e. The molecule has 1 heterocycles. The number of fused-ring (bicyclic) bond motifs is 1.